The third-order valence-corrected chi connectivity index (χ3v) is 7.72. The van der Waals surface area contributed by atoms with E-state index < -0.39 is 29.4 Å². The molecule has 0 unspecified atom stereocenters. The van der Waals surface area contributed by atoms with Gasteiger partial charge in [0.25, 0.3) is 0 Å². The molecule has 1 saturated heterocycles. The van der Waals surface area contributed by atoms with Crippen LogP contribution in [0.4, 0.5) is 5.69 Å². The number of methoxy groups -OCH3 is 1. The minimum absolute atomic E-state index is 0.190. The largest absolute Gasteiger partial charge is 0.497 e. The Hall–Kier alpha value is -4.19. The van der Waals surface area contributed by atoms with Gasteiger partial charge < -0.3 is 14.4 Å². The lowest BCUT2D eigenvalue weighted by atomic mass is 9.65. The molecule has 3 atom stereocenters. The van der Waals surface area contributed by atoms with Crippen molar-refractivity contribution < 1.29 is 23.9 Å². The number of nitrogens with zero attached hydrogens (tertiary/aromatic N) is 1. The minimum Gasteiger partial charge on any atom is -0.497 e. The van der Waals surface area contributed by atoms with E-state index in [1.807, 2.05) is 53.5 Å². The highest BCUT2D eigenvalue weighted by Crippen LogP contribution is 2.60. The van der Waals surface area contributed by atoms with E-state index in [0.29, 0.717) is 22.4 Å². The zero-order valence-corrected chi connectivity index (χ0v) is 20.0. The van der Waals surface area contributed by atoms with Gasteiger partial charge in [0.2, 0.25) is 0 Å². The van der Waals surface area contributed by atoms with Crippen LogP contribution in [0.2, 0.25) is 0 Å². The van der Waals surface area contributed by atoms with Crippen LogP contribution in [0.5, 0.6) is 5.75 Å². The normalized spacial score (nSPS) is 22.8. The first-order valence-corrected chi connectivity index (χ1v) is 12.1. The van der Waals surface area contributed by atoms with Gasteiger partial charge in [0.05, 0.1) is 19.8 Å². The third-order valence-electron chi connectivity index (χ3n) is 7.72. The molecule has 6 nitrogen and oxygen atoms in total. The average Bonchev–Trinajstić information content (AvgIpc) is 3.35. The molecule has 36 heavy (non-hydrogen) atoms. The zero-order chi connectivity index (χ0) is 25.0. The molecule has 0 amide bonds. The fourth-order valence-corrected chi connectivity index (χ4v) is 6.30. The molecule has 0 radical (unpaired) electrons. The Morgan fingerprint density at radius 1 is 0.917 bits per heavy atom. The summed E-state index contributed by atoms with van der Waals surface area (Å²) in [5.41, 5.74) is 1.72. The Balaban J connectivity index is 1.66. The molecule has 3 aliphatic rings. The smallest absolute Gasteiger partial charge is 0.329 e. The fourth-order valence-electron chi connectivity index (χ4n) is 6.30. The van der Waals surface area contributed by atoms with Crippen molar-refractivity contribution in [2.24, 2.45) is 5.41 Å². The molecule has 2 aliphatic heterocycles. The lowest BCUT2D eigenvalue weighted by Crippen LogP contribution is -2.48. The first kappa shape index (κ1) is 22.3. The van der Waals surface area contributed by atoms with Crippen molar-refractivity contribution in [2.45, 2.75) is 24.9 Å². The van der Waals surface area contributed by atoms with E-state index in [2.05, 4.69) is 0 Å². The molecular weight excluding hydrogens is 454 g/mol. The van der Waals surface area contributed by atoms with Gasteiger partial charge in [-0.3, -0.25) is 9.59 Å². The molecular formula is C30H25NO5. The van der Waals surface area contributed by atoms with Crippen LogP contribution in [0.1, 0.15) is 44.7 Å². The van der Waals surface area contributed by atoms with E-state index in [1.165, 1.54) is 0 Å². The maximum Gasteiger partial charge on any atom is 0.329 e. The van der Waals surface area contributed by atoms with Crippen LogP contribution in [-0.4, -0.2) is 43.3 Å². The van der Waals surface area contributed by atoms with E-state index in [-0.39, 0.29) is 18.2 Å². The van der Waals surface area contributed by atoms with Gasteiger partial charge in [0.1, 0.15) is 17.2 Å². The minimum atomic E-state index is -1.51. The Kier molecular flexibility index (Phi) is 5.07. The second-order valence-electron chi connectivity index (χ2n) is 9.29. The SMILES string of the molecule is CCOC(=O)[C@H]1[C@H](c2ccc(OC)cc2)C2(C(=O)c3ccccc3C2=O)[C@H]2C=Cc3ccccc3N12. The van der Waals surface area contributed by atoms with Gasteiger partial charge in [-0.2, -0.15) is 0 Å². The van der Waals surface area contributed by atoms with Crippen LogP contribution >= 0.6 is 0 Å². The molecule has 0 bridgehead atoms. The summed E-state index contributed by atoms with van der Waals surface area (Å²) in [5, 5.41) is 0. The van der Waals surface area contributed by atoms with E-state index in [0.717, 1.165) is 11.3 Å². The fraction of sp³-hybridized carbons (Fsp3) is 0.233. The van der Waals surface area contributed by atoms with Crippen LogP contribution < -0.4 is 9.64 Å². The summed E-state index contributed by atoms with van der Waals surface area (Å²) in [7, 11) is 1.58. The van der Waals surface area contributed by atoms with Gasteiger partial charge in [-0.1, -0.05) is 66.7 Å². The quantitative estimate of drug-likeness (QED) is 0.399. The lowest BCUT2D eigenvalue weighted by molar-refractivity contribution is -0.145. The second-order valence-corrected chi connectivity index (χ2v) is 9.29. The average molecular weight is 480 g/mol. The molecule has 2 heterocycles. The molecule has 1 spiro atoms. The van der Waals surface area contributed by atoms with Crippen molar-refractivity contribution >= 4 is 29.3 Å². The van der Waals surface area contributed by atoms with E-state index in [4.69, 9.17) is 9.47 Å². The number of carbonyl (C=O) groups excluding carboxylic acids is 3. The van der Waals surface area contributed by atoms with E-state index in [9.17, 15) is 14.4 Å². The van der Waals surface area contributed by atoms with Crippen LogP contribution in [0.15, 0.2) is 78.9 Å². The maximum absolute atomic E-state index is 14.4. The van der Waals surface area contributed by atoms with Crippen molar-refractivity contribution in [1.82, 2.24) is 0 Å². The number of esters is 1. The van der Waals surface area contributed by atoms with E-state index in [1.54, 1.807) is 50.4 Å². The van der Waals surface area contributed by atoms with Gasteiger partial charge in [-0.25, -0.2) is 4.79 Å². The molecule has 0 aromatic heterocycles. The number of ether oxygens (including phenoxy) is 2. The summed E-state index contributed by atoms with van der Waals surface area (Å²) in [6.07, 6.45) is 3.85. The van der Waals surface area contributed by atoms with Crippen LogP contribution in [-0.2, 0) is 9.53 Å². The van der Waals surface area contributed by atoms with Gasteiger partial charge in [0, 0.05) is 22.7 Å². The molecule has 3 aromatic carbocycles. The Bertz CT molecular complexity index is 1390. The zero-order valence-electron chi connectivity index (χ0n) is 20.0. The first-order chi connectivity index (χ1) is 17.5. The number of para-hydroxylation sites is 1. The van der Waals surface area contributed by atoms with Crippen molar-refractivity contribution in [2.75, 3.05) is 18.6 Å². The van der Waals surface area contributed by atoms with Crippen molar-refractivity contribution in [3.8, 4) is 5.75 Å². The molecule has 3 aromatic rings. The second kappa shape index (κ2) is 8.19. The highest BCUT2D eigenvalue weighted by Gasteiger charge is 2.71. The maximum atomic E-state index is 14.4. The third kappa shape index (κ3) is 2.81. The number of benzene rings is 3. The Morgan fingerprint density at radius 3 is 2.19 bits per heavy atom. The van der Waals surface area contributed by atoms with Crippen LogP contribution in [0.25, 0.3) is 6.08 Å². The Labute approximate surface area is 209 Å². The standard InChI is InChI=1S/C30H25NO5/c1-3-36-29(34)26-25(19-12-15-20(35-2)16-13-19)30(27(32)21-9-5-6-10-22(21)28(30)33)24-17-14-18-8-4-7-11-23(18)31(24)26/h4-17,24-26H,3H2,1-2H3/t24-,25+,26-/m1/s1. The summed E-state index contributed by atoms with van der Waals surface area (Å²) in [5.74, 6) is -1.09. The van der Waals surface area contributed by atoms with Crippen molar-refractivity contribution in [3.05, 3.63) is 101 Å². The molecule has 6 rings (SSSR count). The molecule has 1 aliphatic carbocycles. The molecule has 1 fully saturated rings. The number of hydrogen-bond acceptors (Lipinski definition) is 6. The van der Waals surface area contributed by atoms with Crippen molar-refractivity contribution in [1.29, 1.82) is 0 Å². The number of carbonyl (C=O) groups is 3. The molecule has 0 N–H and O–H groups in total. The van der Waals surface area contributed by atoms with Crippen LogP contribution in [0, 0.1) is 5.41 Å². The summed E-state index contributed by atoms with van der Waals surface area (Å²) in [4.78, 5) is 44.4. The first-order valence-electron chi connectivity index (χ1n) is 12.1. The van der Waals surface area contributed by atoms with Gasteiger partial charge in [0.15, 0.2) is 11.6 Å². The lowest BCUT2D eigenvalue weighted by Gasteiger charge is -2.36. The number of anilines is 1. The molecule has 6 heteroatoms. The number of rotatable bonds is 4. The Morgan fingerprint density at radius 2 is 1.56 bits per heavy atom. The van der Waals surface area contributed by atoms with Crippen LogP contribution in [0.3, 0.4) is 0 Å². The van der Waals surface area contributed by atoms with E-state index >= 15 is 0 Å². The topological polar surface area (TPSA) is 72.9 Å². The van der Waals surface area contributed by atoms with Gasteiger partial charge in [-0.05, 0) is 36.2 Å². The number of fused-ring (bicyclic) bond motifs is 5. The number of ketones is 2. The summed E-state index contributed by atoms with van der Waals surface area (Å²) in [6, 6.07) is 20.4. The summed E-state index contributed by atoms with van der Waals surface area (Å²) in [6.45, 7) is 1.95. The van der Waals surface area contributed by atoms with Crippen molar-refractivity contribution in [3.63, 3.8) is 0 Å². The highest BCUT2D eigenvalue weighted by atomic mass is 16.5. The predicted octanol–water partition coefficient (Wildman–Crippen LogP) is 4.69. The summed E-state index contributed by atoms with van der Waals surface area (Å²) >= 11 is 0. The number of Topliss-reactive ketones (excluding diaryl/α,β-unsaturated/α-hetero) is 2. The molecule has 0 saturated carbocycles. The van der Waals surface area contributed by atoms with Gasteiger partial charge in [-0.15, -0.1) is 0 Å². The predicted molar refractivity (Wildman–Crippen MR) is 135 cm³/mol. The number of hydrogen-bond donors (Lipinski definition) is 0. The molecule has 180 valence electrons. The summed E-state index contributed by atoms with van der Waals surface area (Å²) < 4.78 is 10.9. The highest BCUT2D eigenvalue weighted by molar-refractivity contribution is 6.32. The van der Waals surface area contributed by atoms with Gasteiger partial charge >= 0.3 is 5.97 Å². The monoisotopic (exact) mass is 479 g/mol.